The lowest BCUT2D eigenvalue weighted by atomic mass is 9.82. The molecule has 0 aromatic heterocycles. The lowest BCUT2D eigenvalue weighted by Gasteiger charge is -2.38. The van der Waals surface area contributed by atoms with E-state index in [4.69, 9.17) is 5.11 Å². The maximum absolute atomic E-state index is 12.3. The zero-order chi connectivity index (χ0) is 13.3. The van der Waals surface area contributed by atoms with Crippen molar-refractivity contribution >= 4 is 11.9 Å². The van der Waals surface area contributed by atoms with E-state index >= 15 is 0 Å². The Morgan fingerprint density at radius 1 is 1.11 bits per heavy atom. The topological polar surface area (TPSA) is 57.6 Å². The summed E-state index contributed by atoms with van der Waals surface area (Å²) in [6.07, 6.45) is 4.04. The molecule has 0 radical (unpaired) electrons. The van der Waals surface area contributed by atoms with Gasteiger partial charge in [-0.25, -0.2) is 0 Å². The molecule has 1 saturated heterocycles. The van der Waals surface area contributed by atoms with Gasteiger partial charge in [-0.2, -0.15) is 0 Å². The molecule has 102 valence electrons. The number of hydrogen-bond donors (Lipinski definition) is 1. The Morgan fingerprint density at radius 2 is 1.67 bits per heavy atom. The van der Waals surface area contributed by atoms with Crippen molar-refractivity contribution in [1.29, 1.82) is 0 Å². The van der Waals surface area contributed by atoms with Crippen LogP contribution in [-0.2, 0) is 9.59 Å². The molecule has 2 aliphatic rings. The number of aliphatic carboxylic acids is 1. The van der Waals surface area contributed by atoms with Crippen LogP contribution in [0.3, 0.4) is 0 Å². The van der Waals surface area contributed by atoms with Crippen molar-refractivity contribution in [2.24, 2.45) is 17.3 Å². The average Bonchev–Trinajstić information content (AvgIpc) is 2.77. The van der Waals surface area contributed by atoms with E-state index in [0.717, 1.165) is 32.4 Å². The van der Waals surface area contributed by atoms with Crippen LogP contribution in [0, 0.1) is 17.3 Å². The number of likely N-dealkylation sites (tertiary alicyclic amines) is 1. The first-order valence-electron chi connectivity index (χ1n) is 6.91. The molecular weight excluding hydrogens is 230 g/mol. The van der Waals surface area contributed by atoms with Gasteiger partial charge in [0.25, 0.3) is 0 Å². The molecule has 2 fully saturated rings. The van der Waals surface area contributed by atoms with E-state index in [0.29, 0.717) is 18.3 Å². The molecule has 0 bridgehead atoms. The molecule has 1 aliphatic carbocycles. The van der Waals surface area contributed by atoms with Gasteiger partial charge >= 0.3 is 5.97 Å². The summed E-state index contributed by atoms with van der Waals surface area (Å²) in [7, 11) is 0. The summed E-state index contributed by atoms with van der Waals surface area (Å²) in [5.74, 6) is -0.910. The molecule has 1 heterocycles. The van der Waals surface area contributed by atoms with Crippen LogP contribution in [0.4, 0.5) is 0 Å². The Hall–Kier alpha value is -1.06. The summed E-state index contributed by atoms with van der Waals surface area (Å²) in [6.45, 7) is 6.15. The second-order valence-corrected chi connectivity index (χ2v) is 6.53. The molecule has 0 spiro atoms. The fourth-order valence-electron chi connectivity index (χ4n) is 3.02. The van der Waals surface area contributed by atoms with Crippen LogP contribution < -0.4 is 0 Å². The van der Waals surface area contributed by atoms with E-state index in [-0.39, 0.29) is 17.7 Å². The van der Waals surface area contributed by atoms with Crippen molar-refractivity contribution in [3.8, 4) is 0 Å². The summed E-state index contributed by atoms with van der Waals surface area (Å²) in [5, 5.41) is 8.97. The number of carbonyl (C=O) groups excluding carboxylic acids is 1. The quantitative estimate of drug-likeness (QED) is 0.820. The predicted molar refractivity (Wildman–Crippen MR) is 68.1 cm³/mol. The average molecular weight is 253 g/mol. The molecule has 1 aliphatic heterocycles. The van der Waals surface area contributed by atoms with Crippen molar-refractivity contribution in [3.63, 3.8) is 0 Å². The highest BCUT2D eigenvalue weighted by molar-refractivity contribution is 5.81. The number of carboxylic acid groups (broad SMARTS) is 1. The van der Waals surface area contributed by atoms with Gasteiger partial charge in [0.2, 0.25) is 5.91 Å². The highest BCUT2D eigenvalue weighted by atomic mass is 16.4. The normalized spacial score (nSPS) is 31.3. The van der Waals surface area contributed by atoms with Gasteiger partial charge in [0.15, 0.2) is 0 Å². The molecule has 4 nitrogen and oxygen atoms in total. The van der Waals surface area contributed by atoms with Gasteiger partial charge in [0, 0.05) is 19.0 Å². The standard InChI is InChI=1S/C14H23NO3/c1-14(2)5-7-15(8-6-14)12(16)10-3-4-11(9-10)13(17)18/h10-11H,3-9H2,1-2H3,(H,17,18). The van der Waals surface area contributed by atoms with E-state index < -0.39 is 5.97 Å². The Labute approximate surface area is 108 Å². The fourth-order valence-corrected chi connectivity index (χ4v) is 3.02. The number of carbonyl (C=O) groups is 2. The first-order chi connectivity index (χ1) is 8.39. The van der Waals surface area contributed by atoms with Gasteiger partial charge in [0.1, 0.15) is 0 Å². The number of amides is 1. The summed E-state index contributed by atoms with van der Waals surface area (Å²) in [5.41, 5.74) is 0.343. The lowest BCUT2D eigenvalue weighted by Crippen LogP contribution is -2.43. The minimum absolute atomic E-state index is 0.0488. The summed E-state index contributed by atoms with van der Waals surface area (Å²) >= 11 is 0. The zero-order valence-electron chi connectivity index (χ0n) is 11.3. The molecule has 2 atom stereocenters. The van der Waals surface area contributed by atoms with Crippen LogP contribution >= 0.6 is 0 Å². The number of hydrogen-bond acceptors (Lipinski definition) is 2. The smallest absolute Gasteiger partial charge is 0.306 e. The van der Waals surface area contributed by atoms with Gasteiger partial charge in [-0.1, -0.05) is 13.8 Å². The van der Waals surface area contributed by atoms with Gasteiger partial charge < -0.3 is 10.0 Å². The van der Waals surface area contributed by atoms with Crippen LogP contribution in [0.2, 0.25) is 0 Å². The summed E-state index contributed by atoms with van der Waals surface area (Å²) in [6, 6.07) is 0. The summed E-state index contributed by atoms with van der Waals surface area (Å²) in [4.78, 5) is 25.2. The van der Waals surface area contributed by atoms with Crippen molar-refractivity contribution < 1.29 is 14.7 Å². The molecule has 4 heteroatoms. The minimum atomic E-state index is -0.745. The Balaban J connectivity index is 1.88. The van der Waals surface area contributed by atoms with Crippen LogP contribution in [0.15, 0.2) is 0 Å². The largest absolute Gasteiger partial charge is 0.481 e. The molecule has 18 heavy (non-hydrogen) atoms. The highest BCUT2D eigenvalue weighted by Crippen LogP contribution is 2.35. The van der Waals surface area contributed by atoms with Crippen molar-refractivity contribution in [3.05, 3.63) is 0 Å². The molecular formula is C14H23NO3. The van der Waals surface area contributed by atoms with E-state index in [9.17, 15) is 9.59 Å². The first kappa shape index (κ1) is 13.4. The molecule has 2 unspecified atom stereocenters. The van der Waals surface area contributed by atoms with Crippen molar-refractivity contribution in [1.82, 2.24) is 4.90 Å². The number of nitrogens with zero attached hydrogens (tertiary/aromatic N) is 1. The molecule has 2 rings (SSSR count). The molecule has 0 aromatic rings. The van der Waals surface area contributed by atoms with Gasteiger partial charge in [0.05, 0.1) is 5.92 Å². The number of piperidine rings is 1. The van der Waals surface area contributed by atoms with Gasteiger partial charge in [-0.05, 0) is 37.5 Å². The maximum Gasteiger partial charge on any atom is 0.306 e. The predicted octanol–water partition coefficient (Wildman–Crippen LogP) is 2.14. The first-order valence-corrected chi connectivity index (χ1v) is 6.91. The maximum atomic E-state index is 12.3. The SMILES string of the molecule is CC1(C)CCN(C(=O)C2CCC(C(=O)O)C2)CC1. The van der Waals surface area contributed by atoms with Gasteiger partial charge in [-0.3, -0.25) is 9.59 Å². The third-order valence-corrected chi connectivity index (χ3v) is 4.56. The number of rotatable bonds is 2. The zero-order valence-corrected chi connectivity index (χ0v) is 11.3. The fraction of sp³-hybridized carbons (Fsp3) is 0.857. The Kier molecular flexibility index (Phi) is 3.64. The van der Waals surface area contributed by atoms with E-state index in [1.165, 1.54) is 0 Å². The molecule has 1 amide bonds. The minimum Gasteiger partial charge on any atom is -0.481 e. The molecule has 0 aromatic carbocycles. The third-order valence-electron chi connectivity index (χ3n) is 4.56. The second kappa shape index (κ2) is 4.90. The van der Waals surface area contributed by atoms with E-state index in [1.807, 2.05) is 4.90 Å². The molecule has 1 N–H and O–H groups in total. The van der Waals surface area contributed by atoms with Crippen LogP contribution in [0.5, 0.6) is 0 Å². The monoisotopic (exact) mass is 253 g/mol. The molecule has 1 saturated carbocycles. The van der Waals surface area contributed by atoms with E-state index in [1.54, 1.807) is 0 Å². The Bertz CT molecular complexity index is 341. The Morgan fingerprint density at radius 3 is 2.17 bits per heavy atom. The van der Waals surface area contributed by atoms with Crippen LogP contribution in [-0.4, -0.2) is 35.0 Å². The van der Waals surface area contributed by atoms with Crippen molar-refractivity contribution in [2.45, 2.75) is 46.0 Å². The third kappa shape index (κ3) is 2.85. The number of carboxylic acids is 1. The summed E-state index contributed by atoms with van der Waals surface area (Å²) < 4.78 is 0. The second-order valence-electron chi connectivity index (χ2n) is 6.53. The highest BCUT2D eigenvalue weighted by Gasteiger charge is 2.37. The van der Waals surface area contributed by atoms with Crippen LogP contribution in [0.1, 0.15) is 46.0 Å². The van der Waals surface area contributed by atoms with E-state index in [2.05, 4.69) is 13.8 Å². The van der Waals surface area contributed by atoms with Gasteiger partial charge in [-0.15, -0.1) is 0 Å². The van der Waals surface area contributed by atoms with Crippen LogP contribution in [0.25, 0.3) is 0 Å². The van der Waals surface area contributed by atoms with Crippen molar-refractivity contribution in [2.75, 3.05) is 13.1 Å². The lowest BCUT2D eigenvalue weighted by molar-refractivity contribution is -0.142.